The van der Waals surface area contributed by atoms with Gasteiger partial charge >= 0.3 is 0 Å². The number of benzene rings is 2. The molecule has 128 valence electrons. The smallest absolute Gasteiger partial charge is 0.214 e. The predicted molar refractivity (Wildman–Crippen MR) is 99.9 cm³/mol. The van der Waals surface area contributed by atoms with Gasteiger partial charge in [-0.3, -0.25) is 4.79 Å². The molecule has 2 aromatic carbocycles. The second kappa shape index (κ2) is 7.37. The van der Waals surface area contributed by atoms with E-state index < -0.39 is 0 Å². The average molecular weight is 373 g/mol. The van der Waals surface area contributed by atoms with E-state index >= 15 is 0 Å². The summed E-state index contributed by atoms with van der Waals surface area (Å²) in [5, 5.41) is 13.0. The molecule has 0 fully saturated rings. The van der Waals surface area contributed by atoms with Crippen LogP contribution in [0.4, 0.5) is 0 Å². The Labute approximate surface area is 155 Å². The van der Waals surface area contributed by atoms with E-state index in [1.165, 1.54) is 17.3 Å². The lowest BCUT2D eigenvalue weighted by atomic mass is 10.1. The molecule has 0 aliphatic heterocycles. The van der Waals surface area contributed by atoms with Crippen molar-refractivity contribution in [3.8, 4) is 5.69 Å². The predicted octanol–water partition coefficient (Wildman–Crippen LogP) is 4.22. The van der Waals surface area contributed by atoms with Crippen LogP contribution in [0.15, 0.2) is 41.6 Å². The minimum absolute atomic E-state index is 0.0532. The molecule has 1 aromatic heterocycles. The number of carbonyl (C=O) groups is 1. The molecule has 0 amide bonds. The van der Waals surface area contributed by atoms with Crippen molar-refractivity contribution in [2.45, 2.75) is 25.9 Å². The number of halogens is 1. The van der Waals surface area contributed by atoms with Gasteiger partial charge in [-0.1, -0.05) is 53.2 Å². The summed E-state index contributed by atoms with van der Waals surface area (Å²) in [5.41, 5.74) is 4.82. The Morgan fingerprint density at radius 1 is 1.16 bits per heavy atom. The average Bonchev–Trinajstić information content (AvgIpc) is 3.00. The molecular weight excluding hydrogens is 356 g/mol. The minimum Gasteiger partial charge on any atom is -0.293 e. The molecule has 3 rings (SSSR count). The molecule has 0 bridgehead atoms. The van der Waals surface area contributed by atoms with Gasteiger partial charge in [-0.05, 0) is 54.5 Å². The first-order valence-corrected chi connectivity index (χ1v) is 9.11. The first-order chi connectivity index (χ1) is 12.0. The summed E-state index contributed by atoms with van der Waals surface area (Å²) in [6.07, 6.45) is 0. The number of thioether (sulfide) groups is 1. The van der Waals surface area contributed by atoms with Crippen LogP contribution in [0.2, 0.25) is 5.02 Å². The Morgan fingerprint density at radius 2 is 1.84 bits per heavy atom. The highest BCUT2D eigenvalue weighted by molar-refractivity contribution is 7.99. The summed E-state index contributed by atoms with van der Waals surface area (Å²) in [4.78, 5) is 12.4. The monoisotopic (exact) mass is 372 g/mol. The molecule has 0 spiro atoms. The second-order valence-electron chi connectivity index (χ2n) is 5.81. The number of aromatic nitrogens is 4. The molecule has 0 saturated heterocycles. The highest BCUT2D eigenvalue weighted by Gasteiger charge is 2.17. The molecule has 0 radical (unpaired) electrons. The fourth-order valence-electron chi connectivity index (χ4n) is 2.81. The van der Waals surface area contributed by atoms with Crippen LogP contribution in [-0.2, 0) is 0 Å². The third-order valence-corrected chi connectivity index (χ3v) is 5.04. The Kier molecular flexibility index (Phi) is 5.20. The van der Waals surface area contributed by atoms with Crippen LogP contribution >= 0.6 is 23.4 Å². The van der Waals surface area contributed by atoms with Gasteiger partial charge in [0.15, 0.2) is 5.78 Å². The number of hydrogen-bond acceptors (Lipinski definition) is 5. The van der Waals surface area contributed by atoms with Gasteiger partial charge in [-0.2, -0.15) is 4.68 Å². The number of aryl methyl sites for hydroxylation is 3. The van der Waals surface area contributed by atoms with E-state index in [4.69, 9.17) is 11.6 Å². The molecular formula is C18H17ClN4OS. The van der Waals surface area contributed by atoms with Crippen molar-refractivity contribution in [2.24, 2.45) is 0 Å². The highest BCUT2D eigenvalue weighted by Crippen LogP contribution is 2.26. The Balaban J connectivity index is 1.84. The van der Waals surface area contributed by atoms with Crippen molar-refractivity contribution in [3.63, 3.8) is 0 Å². The fourth-order valence-corrected chi connectivity index (χ4v) is 3.81. The lowest BCUT2D eigenvalue weighted by molar-refractivity contribution is 0.102. The van der Waals surface area contributed by atoms with Gasteiger partial charge in [0.2, 0.25) is 5.16 Å². The van der Waals surface area contributed by atoms with Crippen LogP contribution < -0.4 is 0 Å². The summed E-state index contributed by atoms with van der Waals surface area (Å²) in [7, 11) is 0. The molecule has 25 heavy (non-hydrogen) atoms. The number of Topliss-reactive ketones (excluding diaryl/α,β-unsaturated/α-hetero) is 1. The summed E-state index contributed by atoms with van der Waals surface area (Å²) in [5.74, 6) is 0.163. The number of tetrazole rings is 1. The van der Waals surface area contributed by atoms with Gasteiger partial charge in [0.25, 0.3) is 0 Å². The van der Waals surface area contributed by atoms with Crippen molar-refractivity contribution in [2.75, 3.05) is 5.75 Å². The maximum absolute atomic E-state index is 12.4. The lowest BCUT2D eigenvalue weighted by Crippen LogP contribution is -2.07. The topological polar surface area (TPSA) is 60.7 Å². The molecule has 0 N–H and O–H groups in total. The maximum atomic E-state index is 12.4. The van der Waals surface area contributed by atoms with Crippen LogP contribution in [0, 0.1) is 20.8 Å². The van der Waals surface area contributed by atoms with E-state index in [1.54, 1.807) is 28.9 Å². The summed E-state index contributed by atoms with van der Waals surface area (Å²) < 4.78 is 1.69. The molecule has 0 aliphatic rings. The van der Waals surface area contributed by atoms with Crippen LogP contribution in [0.25, 0.3) is 5.69 Å². The highest BCUT2D eigenvalue weighted by atomic mass is 35.5. The number of carbonyl (C=O) groups excluding carboxylic acids is 1. The maximum Gasteiger partial charge on any atom is 0.214 e. The van der Waals surface area contributed by atoms with Gasteiger partial charge in [-0.15, -0.1) is 5.10 Å². The molecule has 0 atom stereocenters. The molecule has 1 heterocycles. The standard InChI is InChI=1S/C18H17ClN4OS/c1-11-8-12(2)17(13(3)9-11)23-18(20-21-22-23)25-10-16(24)14-6-4-5-7-15(14)19/h4-9H,10H2,1-3H3. The van der Waals surface area contributed by atoms with Crippen molar-refractivity contribution >= 4 is 29.1 Å². The molecule has 0 saturated carbocycles. The van der Waals surface area contributed by atoms with E-state index in [0.717, 1.165) is 16.8 Å². The van der Waals surface area contributed by atoms with Gasteiger partial charge in [0.05, 0.1) is 16.5 Å². The minimum atomic E-state index is -0.0532. The number of rotatable bonds is 5. The summed E-state index contributed by atoms with van der Waals surface area (Å²) in [6.45, 7) is 6.11. The quantitative estimate of drug-likeness (QED) is 0.495. The normalized spacial score (nSPS) is 10.9. The molecule has 7 heteroatoms. The Hall–Kier alpha value is -2.18. The SMILES string of the molecule is Cc1cc(C)c(-n2nnnc2SCC(=O)c2ccccc2Cl)c(C)c1. The van der Waals surface area contributed by atoms with E-state index in [-0.39, 0.29) is 11.5 Å². The summed E-state index contributed by atoms with van der Waals surface area (Å²) in [6, 6.07) is 11.2. The largest absolute Gasteiger partial charge is 0.293 e. The van der Waals surface area contributed by atoms with Gasteiger partial charge in [-0.25, -0.2) is 0 Å². The Morgan fingerprint density at radius 3 is 2.52 bits per heavy atom. The zero-order valence-corrected chi connectivity index (χ0v) is 15.7. The molecule has 0 aliphatic carbocycles. The molecule has 0 unspecified atom stereocenters. The van der Waals surface area contributed by atoms with Gasteiger partial charge in [0.1, 0.15) is 0 Å². The zero-order valence-electron chi connectivity index (χ0n) is 14.2. The molecule has 5 nitrogen and oxygen atoms in total. The van der Waals surface area contributed by atoms with Crippen LogP contribution in [0.5, 0.6) is 0 Å². The first-order valence-electron chi connectivity index (χ1n) is 7.74. The fraction of sp³-hybridized carbons (Fsp3) is 0.222. The van der Waals surface area contributed by atoms with Gasteiger partial charge in [0, 0.05) is 5.56 Å². The number of nitrogens with zero attached hydrogens (tertiary/aromatic N) is 4. The van der Waals surface area contributed by atoms with Crippen molar-refractivity contribution in [3.05, 3.63) is 63.7 Å². The van der Waals surface area contributed by atoms with E-state index in [1.807, 2.05) is 13.8 Å². The van der Waals surface area contributed by atoms with E-state index in [9.17, 15) is 4.79 Å². The van der Waals surface area contributed by atoms with E-state index in [0.29, 0.717) is 15.7 Å². The number of hydrogen-bond donors (Lipinski definition) is 0. The molecule has 3 aromatic rings. The summed E-state index contributed by atoms with van der Waals surface area (Å²) >= 11 is 7.39. The van der Waals surface area contributed by atoms with Crippen molar-refractivity contribution in [1.82, 2.24) is 20.2 Å². The van der Waals surface area contributed by atoms with Crippen LogP contribution in [0.1, 0.15) is 27.0 Å². The van der Waals surface area contributed by atoms with Crippen molar-refractivity contribution < 1.29 is 4.79 Å². The van der Waals surface area contributed by atoms with E-state index in [2.05, 4.69) is 34.6 Å². The van der Waals surface area contributed by atoms with Crippen LogP contribution in [0.3, 0.4) is 0 Å². The van der Waals surface area contributed by atoms with Crippen LogP contribution in [-0.4, -0.2) is 31.7 Å². The van der Waals surface area contributed by atoms with Crippen molar-refractivity contribution in [1.29, 1.82) is 0 Å². The first kappa shape index (κ1) is 17.6. The Bertz CT molecular complexity index is 915. The zero-order chi connectivity index (χ0) is 18.0. The van der Waals surface area contributed by atoms with Gasteiger partial charge < -0.3 is 0 Å². The lowest BCUT2D eigenvalue weighted by Gasteiger charge is -2.12. The number of ketones is 1. The second-order valence-corrected chi connectivity index (χ2v) is 7.16. The third-order valence-electron chi connectivity index (χ3n) is 3.79. The third kappa shape index (κ3) is 3.75.